The van der Waals surface area contributed by atoms with E-state index in [1.807, 2.05) is 55.5 Å². The number of furan rings is 1. The molecule has 1 aromatic heterocycles. The Balaban J connectivity index is 1.46. The minimum atomic E-state index is -0.436. The van der Waals surface area contributed by atoms with Crippen molar-refractivity contribution in [1.29, 1.82) is 0 Å². The summed E-state index contributed by atoms with van der Waals surface area (Å²) in [4.78, 5) is 12.4. The second-order valence-corrected chi connectivity index (χ2v) is 8.32. The SMILES string of the molecule is CCOc1cc(/C=N/NC(=O)c2cc3ccccc3o2)cc(Br)c1OCc1ccc(Cl)cc1. The zero-order valence-electron chi connectivity index (χ0n) is 17.7. The Morgan fingerprint density at radius 3 is 2.67 bits per heavy atom. The van der Waals surface area contributed by atoms with Crippen LogP contribution in [-0.4, -0.2) is 18.7 Å². The number of rotatable bonds is 8. The molecule has 1 amide bonds. The molecule has 0 saturated carbocycles. The lowest BCUT2D eigenvalue weighted by atomic mass is 10.2. The Morgan fingerprint density at radius 1 is 1.12 bits per heavy atom. The summed E-state index contributed by atoms with van der Waals surface area (Å²) in [7, 11) is 0. The van der Waals surface area contributed by atoms with Gasteiger partial charge in [-0.2, -0.15) is 5.10 Å². The van der Waals surface area contributed by atoms with Crippen LogP contribution in [0.4, 0.5) is 0 Å². The number of fused-ring (bicyclic) bond motifs is 1. The Bertz CT molecular complexity index is 1270. The maximum absolute atomic E-state index is 12.4. The molecule has 0 fully saturated rings. The van der Waals surface area contributed by atoms with Crippen LogP contribution in [0.1, 0.15) is 28.6 Å². The molecule has 4 aromatic rings. The van der Waals surface area contributed by atoms with Gasteiger partial charge in [-0.3, -0.25) is 4.79 Å². The van der Waals surface area contributed by atoms with Gasteiger partial charge in [0.1, 0.15) is 12.2 Å². The van der Waals surface area contributed by atoms with Gasteiger partial charge in [0, 0.05) is 10.4 Å². The number of carbonyl (C=O) groups is 1. The van der Waals surface area contributed by atoms with Crippen molar-refractivity contribution in [3.05, 3.63) is 93.1 Å². The molecular formula is C25H20BrClN2O4. The highest BCUT2D eigenvalue weighted by Gasteiger charge is 2.13. The van der Waals surface area contributed by atoms with Crippen LogP contribution in [0.3, 0.4) is 0 Å². The monoisotopic (exact) mass is 526 g/mol. The number of nitrogens with one attached hydrogen (secondary N) is 1. The molecule has 0 bridgehead atoms. The summed E-state index contributed by atoms with van der Waals surface area (Å²) < 4.78 is 18.0. The molecule has 6 nitrogen and oxygen atoms in total. The predicted octanol–water partition coefficient (Wildman–Crippen LogP) is 6.59. The van der Waals surface area contributed by atoms with Crippen molar-refractivity contribution >= 4 is 50.6 Å². The molecule has 0 saturated heterocycles. The van der Waals surface area contributed by atoms with Crippen LogP contribution in [0.5, 0.6) is 11.5 Å². The summed E-state index contributed by atoms with van der Waals surface area (Å²) >= 11 is 9.48. The van der Waals surface area contributed by atoms with E-state index in [4.69, 9.17) is 25.5 Å². The fourth-order valence-corrected chi connectivity index (χ4v) is 3.82. The van der Waals surface area contributed by atoms with E-state index in [0.29, 0.717) is 45.4 Å². The van der Waals surface area contributed by atoms with Gasteiger partial charge in [0.2, 0.25) is 0 Å². The van der Waals surface area contributed by atoms with E-state index in [1.165, 1.54) is 6.21 Å². The molecule has 0 aliphatic heterocycles. The number of nitrogens with zero attached hydrogens (tertiary/aromatic N) is 1. The largest absolute Gasteiger partial charge is 0.490 e. The first kappa shape index (κ1) is 22.9. The molecule has 1 N–H and O–H groups in total. The second-order valence-electron chi connectivity index (χ2n) is 7.03. The van der Waals surface area contributed by atoms with Crippen LogP contribution in [0.2, 0.25) is 5.02 Å². The highest BCUT2D eigenvalue weighted by atomic mass is 79.9. The Hall–Kier alpha value is -3.29. The van der Waals surface area contributed by atoms with E-state index in [-0.39, 0.29) is 5.76 Å². The van der Waals surface area contributed by atoms with Gasteiger partial charge in [0.25, 0.3) is 0 Å². The van der Waals surface area contributed by atoms with Crippen LogP contribution >= 0.6 is 27.5 Å². The molecule has 0 radical (unpaired) electrons. The number of hydrogen-bond acceptors (Lipinski definition) is 5. The highest BCUT2D eigenvalue weighted by molar-refractivity contribution is 9.10. The molecule has 0 unspecified atom stereocenters. The standard InChI is InChI=1S/C25H20BrClN2O4/c1-2-31-22-12-17(11-20(26)24(22)32-15-16-7-9-19(27)10-8-16)14-28-29-25(30)23-13-18-5-3-4-6-21(18)33-23/h3-14H,2,15H2,1H3,(H,29,30)/b28-14+. The van der Waals surface area contributed by atoms with E-state index in [2.05, 4.69) is 26.5 Å². The molecule has 3 aromatic carbocycles. The molecule has 0 spiro atoms. The van der Waals surface area contributed by atoms with Crippen molar-refractivity contribution < 1.29 is 18.7 Å². The summed E-state index contributed by atoms with van der Waals surface area (Å²) in [6.45, 7) is 2.72. The van der Waals surface area contributed by atoms with Gasteiger partial charge < -0.3 is 13.9 Å². The van der Waals surface area contributed by atoms with E-state index < -0.39 is 5.91 Å². The van der Waals surface area contributed by atoms with Gasteiger partial charge in [-0.05, 0) is 70.4 Å². The molecule has 0 aliphatic carbocycles. The van der Waals surface area contributed by atoms with Crippen LogP contribution in [0, 0.1) is 0 Å². The topological polar surface area (TPSA) is 73.1 Å². The lowest BCUT2D eigenvalue weighted by molar-refractivity contribution is 0.0929. The van der Waals surface area contributed by atoms with E-state index in [9.17, 15) is 4.79 Å². The van der Waals surface area contributed by atoms with Gasteiger partial charge in [-0.15, -0.1) is 0 Å². The number of hydrogen-bond donors (Lipinski definition) is 1. The number of ether oxygens (including phenoxy) is 2. The van der Waals surface area contributed by atoms with Crippen molar-refractivity contribution in [1.82, 2.24) is 5.43 Å². The maximum Gasteiger partial charge on any atom is 0.307 e. The number of benzene rings is 3. The molecule has 33 heavy (non-hydrogen) atoms. The Labute approximate surface area is 204 Å². The summed E-state index contributed by atoms with van der Waals surface area (Å²) in [5.74, 6) is 0.895. The zero-order valence-corrected chi connectivity index (χ0v) is 20.0. The lowest BCUT2D eigenvalue weighted by Crippen LogP contribution is -2.16. The smallest absolute Gasteiger partial charge is 0.307 e. The first-order valence-electron chi connectivity index (χ1n) is 10.2. The number of hydrazone groups is 1. The Morgan fingerprint density at radius 2 is 1.91 bits per heavy atom. The molecular weight excluding hydrogens is 508 g/mol. The van der Waals surface area contributed by atoms with Crippen molar-refractivity contribution in [3.8, 4) is 11.5 Å². The second kappa shape index (κ2) is 10.6. The zero-order chi connectivity index (χ0) is 23.2. The first-order valence-corrected chi connectivity index (χ1v) is 11.4. The van der Waals surface area contributed by atoms with E-state index >= 15 is 0 Å². The average Bonchev–Trinajstić information content (AvgIpc) is 3.24. The van der Waals surface area contributed by atoms with Gasteiger partial charge in [0.15, 0.2) is 17.3 Å². The van der Waals surface area contributed by atoms with E-state index in [0.717, 1.165) is 10.9 Å². The number of amides is 1. The molecule has 0 aliphatic rings. The van der Waals surface area contributed by atoms with Crippen LogP contribution in [-0.2, 0) is 6.61 Å². The molecule has 8 heteroatoms. The van der Waals surface area contributed by atoms with Crippen LogP contribution in [0.15, 0.2) is 80.7 Å². The maximum atomic E-state index is 12.4. The molecule has 168 valence electrons. The van der Waals surface area contributed by atoms with Crippen LogP contribution in [0.25, 0.3) is 11.0 Å². The fraction of sp³-hybridized carbons (Fsp3) is 0.120. The number of halogens is 2. The Kier molecular flexibility index (Phi) is 7.32. The van der Waals surface area contributed by atoms with Crippen LogP contribution < -0.4 is 14.9 Å². The summed E-state index contributed by atoms with van der Waals surface area (Å²) in [5.41, 5.74) is 4.82. The summed E-state index contributed by atoms with van der Waals surface area (Å²) in [6, 6.07) is 20.2. The molecule has 4 rings (SSSR count). The number of para-hydroxylation sites is 1. The quantitative estimate of drug-likeness (QED) is 0.207. The average molecular weight is 528 g/mol. The van der Waals surface area contributed by atoms with Crippen molar-refractivity contribution in [2.45, 2.75) is 13.5 Å². The minimum Gasteiger partial charge on any atom is -0.490 e. The van der Waals surface area contributed by atoms with Crippen molar-refractivity contribution in [2.24, 2.45) is 5.10 Å². The molecule has 1 heterocycles. The van der Waals surface area contributed by atoms with Crippen molar-refractivity contribution in [2.75, 3.05) is 6.61 Å². The summed E-state index contributed by atoms with van der Waals surface area (Å²) in [6.07, 6.45) is 1.52. The van der Waals surface area contributed by atoms with Gasteiger partial charge in [-0.1, -0.05) is 41.9 Å². The number of carbonyl (C=O) groups excluding carboxylic acids is 1. The third-order valence-corrected chi connectivity index (χ3v) is 5.50. The fourth-order valence-electron chi connectivity index (χ4n) is 3.12. The molecule has 0 atom stereocenters. The van der Waals surface area contributed by atoms with Crippen molar-refractivity contribution in [3.63, 3.8) is 0 Å². The predicted molar refractivity (Wildman–Crippen MR) is 132 cm³/mol. The summed E-state index contributed by atoms with van der Waals surface area (Å²) in [5, 5.41) is 5.57. The van der Waals surface area contributed by atoms with Gasteiger partial charge >= 0.3 is 5.91 Å². The van der Waals surface area contributed by atoms with Gasteiger partial charge in [0.05, 0.1) is 17.3 Å². The minimum absolute atomic E-state index is 0.190. The first-order chi connectivity index (χ1) is 16.0. The lowest BCUT2D eigenvalue weighted by Gasteiger charge is -2.14. The third-order valence-electron chi connectivity index (χ3n) is 4.66. The third kappa shape index (κ3) is 5.74. The van der Waals surface area contributed by atoms with E-state index in [1.54, 1.807) is 18.2 Å². The highest BCUT2D eigenvalue weighted by Crippen LogP contribution is 2.37. The normalized spacial score (nSPS) is 11.1. The van der Waals surface area contributed by atoms with Gasteiger partial charge in [-0.25, -0.2) is 5.43 Å².